The molecule has 0 fully saturated rings. The molecule has 0 saturated carbocycles. The summed E-state index contributed by atoms with van der Waals surface area (Å²) >= 11 is 9.78. The molecular formula is C10H12ClNO2S. The van der Waals surface area contributed by atoms with Crippen molar-refractivity contribution >= 4 is 35.8 Å². The van der Waals surface area contributed by atoms with Crippen LogP contribution in [0.5, 0.6) is 5.75 Å². The fourth-order valence-corrected chi connectivity index (χ4v) is 1.54. The maximum atomic E-state index is 11.4. The van der Waals surface area contributed by atoms with Crippen LogP contribution in [0.1, 0.15) is 0 Å². The fourth-order valence-electron chi connectivity index (χ4n) is 1.17. The SMILES string of the molecule is COc1ccc(Cl)cc1N(C)C(=O)CS. The highest BCUT2D eigenvalue weighted by molar-refractivity contribution is 7.81. The number of hydrogen-bond donors (Lipinski definition) is 1. The molecule has 1 aromatic carbocycles. The highest BCUT2D eigenvalue weighted by Crippen LogP contribution is 2.30. The molecule has 0 aliphatic carbocycles. The molecule has 0 aliphatic heterocycles. The van der Waals surface area contributed by atoms with E-state index in [0.717, 1.165) is 0 Å². The van der Waals surface area contributed by atoms with E-state index < -0.39 is 0 Å². The Balaban J connectivity index is 3.10. The number of carbonyl (C=O) groups excluding carboxylic acids is 1. The lowest BCUT2D eigenvalue weighted by molar-refractivity contribution is -0.115. The molecule has 0 bridgehead atoms. The van der Waals surface area contributed by atoms with Crippen LogP contribution in [0.25, 0.3) is 0 Å². The topological polar surface area (TPSA) is 29.5 Å². The molecule has 0 radical (unpaired) electrons. The second-order valence-corrected chi connectivity index (χ2v) is 3.68. The second-order valence-electron chi connectivity index (χ2n) is 2.93. The number of rotatable bonds is 3. The Labute approximate surface area is 99.4 Å². The van der Waals surface area contributed by atoms with E-state index in [2.05, 4.69) is 12.6 Å². The van der Waals surface area contributed by atoms with E-state index in [-0.39, 0.29) is 11.7 Å². The van der Waals surface area contributed by atoms with Crippen molar-refractivity contribution in [3.63, 3.8) is 0 Å². The molecule has 0 spiro atoms. The Kier molecular flexibility index (Phi) is 4.29. The molecule has 0 saturated heterocycles. The number of benzene rings is 1. The van der Waals surface area contributed by atoms with E-state index in [0.29, 0.717) is 16.5 Å². The van der Waals surface area contributed by atoms with Gasteiger partial charge in [-0.2, -0.15) is 12.6 Å². The quantitative estimate of drug-likeness (QED) is 0.828. The van der Waals surface area contributed by atoms with Crippen LogP contribution in [0.4, 0.5) is 5.69 Å². The van der Waals surface area contributed by atoms with Gasteiger partial charge in [-0.15, -0.1) is 0 Å². The zero-order valence-corrected chi connectivity index (χ0v) is 10.2. The third-order valence-electron chi connectivity index (χ3n) is 2.01. The zero-order chi connectivity index (χ0) is 11.4. The number of halogens is 1. The standard InChI is InChI=1S/C10H12ClNO2S/c1-12(10(13)6-15)8-5-7(11)3-4-9(8)14-2/h3-5,15H,6H2,1-2H3. The van der Waals surface area contributed by atoms with Crippen LogP contribution in [-0.4, -0.2) is 25.8 Å². The number of hydrogen-bond acceptors (Lipinski definition) is 3. The van der Waals surface area contributed by atoms with Crippen molar-refractivity contribution in [2.24, 2.45) is 0 Å². The second kappa shape index (κ2) is 5.28. The molecule has 0 aliphatic rings. The number of carbonyl (C=O) groups is 1. The fraction of sp³-hybridized carbons (Fsp3) is 0.300. The molecule has 0 heterocycles. The lowest BCUT2D eigenvalue weighted by Crippen LogP contribution is -2.27. The Bertz CT molecular complexity index is 370. The molecule has 1 aromatic rings. The van der Waals surface area contributed by atoms with Crippen molar-refractivity contribution in [1.29, 1.82) is 0 Å². The van der Waals surface area contributed by atoms with Crippen LogP contribution >= 0.6 is 24.2 Å². The van der Waals surface area contributed by atoms with E-state index in [1.54, 1.807) is 32.4 Å². The van der Waals surface area contributed by atoms with Gasteiger partial charge in [0.25, 0.3) is 0 Å². The van der Waals surface area contributed by atoms with Gasteiger partial charge in [-0.05, 0) is 18.2 Å². The summed E-state index contributed by atoms with van der Waals surface area (Å²) in [6.07, 6.45) is 0. The summed E-state index contributed by atoms with van der Waals surface area (Å²) < 4.78 is 5.14. The third kappa shape index (κ3) is 2.79. The monoisotopic (exact) mass is 245 g/mol. The van der Waals surface area contributed by atoms with E-state index in [1.807, 2.05) is 0 Å². The Morgan fingerprint density at radius 3 is 2.80 bits per heavy atom. The molecule has 1 rings (SSSR count). The van der Waals surface area contributed by atoms with Crippen LogP contribution in [0.15, 0.2) is 18.2 Å². The van der Waals surface area contributed by atoms with Gasteiger partial charge in [-0.1, -0.05) is 11.6 Å². The minimum Gasteiger partial charge on any atom is -0.495 e. The smallest absolute Gasteiger partial charge is 0.236 e. The van der Waals surface area contributed by atoms with Gasteiger partial charge in [-0.25, -0.2) is 0 Å². The van der Waals surface area contributed by atoms with Gasteiger partial charge in [0.05, 0.1) is 18.6 Å². The van der Waals surface area contributed by atoms with Crippen LogP contribution < -0.4 is 9.64 Å². The van der Waals surface area contributed by atoms with Gasteiger partial charge in [0.15, 0.2) is 0 Å². The molecule has 0 aromatic heterocycles. The van der Waals surface area contributed by atoms with Gasteiger partial charge in [0.1, 0.15) is 5.75 Å². The van der Waals surface area contributed by atoms with Crippen molar-refractivity contribution < 1.29 is 9.53 Å². The van der Waals surface area contributed by atoms with Gasteiger partial charge in [0, 0.05) is 12.1 Å². The predicted octanol–water partition coefficient (Wildman–Crippen LogP) is 2.24. The van der Waals surface area contributed by atoms with Crippen molar-refractivity contribution in [3.05, 3.63) is 23.2 Å². The maximum Gasteiger partial charge on any atom is 0.236 e. The van der Waals surface area contributed by atoms with Crippen molar-refractivity contribution in [1.82, 2.24) is 0 Å². The summed E-state index contributed by atoms with van der Waals surface area (Å²) in [6.45, 7) is 0. The first-order valence-electron chi connectivity index (χ1n) is 4.31. The third-order valence-corrected chi connectivity index (χ3v) is 2.52. The molecule has 3 nitrogen and oxygen atoms in total. The molecule has 0 unspecified atom stereocenters. The molecule has 0 N–H and O–H groups in total. The van der Waals surface area contributed by atoms with E-state index in [9.17, 15) is 4.79 Å². The summed E-state index contributed by atoms with van der Waals surface area (Å²) in [7, 11) is 3.21. The van der Waals surface area contributed by atoms with Crippen LogP contribution in [-0.2, 0) is 4.79 Å². The Morgan fingerprint density at radius 1 is 1.60 bits per heavy atom. The summed E-state index contributed by atoms with van der Waals surface area (Å²) in [6, 6.07) is 5.12. The molecule has 1 amide bonds. The largest absolute Gasteiger partial charge is 0.495 e. The maximum absolute atomic E-state index is 11.4. The lowest BCUT2D eigenvalue weighted by atomic mass is 10.2. The van der Waals surface area contributed by atoms with Gasteiger partial charge in [0.2, 0.25) is 5.91 Å². The number of methoxy groups -OCH3 is 1. The average Bonchev–Trinajstić information content (AvgIpc) is 2.27. The number of nitrogens with zero attached hydrogens (tertiary/aromatic N) is 1. The van der Waals surface area contributed by atoms with Crippen molar-refractivity contribution in [2.75, 3.05) is 24.8 Å². The first kappa shape index (κ1) is 12.2. The molecular weight excluding hydrogens is 234 g/mol. The normalized spacial score (nSPS) is 9.87. The zero-order valence-electron chi connectivity index (χ0n) is 8.53. The Morgan fingerprint density at radius 2 is 2.27 bits per heavy atom. The Hall–Kier alpha value is -0.870. The summed E-state index contributed by atoms with van der Waals surface area (Å²) in [4.78, 5) is 12.9. The summed E-state index contributed by atoms with van der Waals surface area (Å²) in [5.74, 6) is 0.641. The molecule has 0 atom stereocenters. The van der Waals surface area contributed by atoms with E-state index in [4.69, 9.17) is 16.3 Å². The number of thiol groups is 1. The first-order chi connectivity index (χ1) is 7.10. The number of ether oxygens (including phenoxy) is 1. The number of anilines is 1. The predicted molar refractivity (Wildman–Crippen MR) is 65.3 cm³/mol. The average molecular weight is 246 g/mol. The highest BCUT2D eigenvalue weighted by atomic mass is 35.5. The van der Waals surface area contributed by atoms with Gasteiger partial charge in [-0.3, -0.25) is 4.79 Å². The number of amides is 1. The van der Waals surface area contributed by atoms with Crippen LogP contribution in [0.3, 0.4) is 0 Å². The van der Waals surface area contributed by atoms with Crippen molar-refractivity contribution in [2.45, 2.75) is 0 Å². The first-order valence-corrected chi connectivity index (χ1v) is 5.32. The van der Waals surface area contributed by atoms with E-state index in [1.165, 1.54) is 4.90 Å². The molecule has 15 heavy (non-hydrogen) atoms. The minimum atomic E-state index is -0.112. The van der Waals surface area contributed by atoms with Crippen LogP contribution in [0.2, 0.25) is 5.02 Å². The highest BCUT2D eigenvalue weighted by Gasteiger charge is 2.14. The summed E-state index contributed by atoms with van der Waals surface area (Å²) in [5, 5.41) is 0.560. The molecule has 5 heteroatoms. The summed E-state index contributed by atoms with van der Waals surface area (Å²) in [5.41, 5.74) is 0.643. The molecule has 82 valence electrons. The van der Waals surface area contributed by atoms with Crippen molar-refractivity contribution in [3.8, 4) is 5.75 Å². The van der Waals surface area contributed by atoms with Gasteiger partial charge < -0.3 is 9.64 Å². The van der Waals surface area contributed by atoms with Crippen LogP contribution in [0, 0.1) is 0 Å². The lowest BCUT2D eigenvalue weighted by Gasteiger charge is -2.19. The van der Waals surface area contributed by atoms with Gasteiger partial charge >= 0.3 is 0 Å². The van der Waals surface area contributed by atoms with E-state index >= 15 is 0 Å². The minimum absolute atomic E-state index is 0.112.